The summed E-state index contributed by atoms with van der Waals surface area (Å²) in [5, 5.41) is 3.95. The smallest absolute Gasteiger partial charge is 0.264 e. The van der Waals surface area contributed by atoms with Crippen LogP contribution in [0.3, 0.4) is 0 Å². The zero-order chi connectivity index (χ0) is 29.8. The first-order valence-electron chi connectivity index (χ1n) is 12.5. The van der Waals surface area contributed by atoms with E-state index in [0.717, 1.165) is 17.4 Å². The molecule has 0 saturated carbocycles. The van der Waals surface area contributed by atoms with Gasteiger partial charge in [0.2, 0.25) is 10.9 Å². The van der Waals surface area contributed by atoms with E-state index in [0.29, 0.717) is 23.0 Å². The van der Waals surface area contributed by atoms with E-state index in [9.17, 15) is 8.42 Å². The number of hydrogen-bond acceptors (Lipinski definition) is 12. The number of anilines is 1. The largest absolute Gasteiger partial charge is 0.497 e. The summed E-state index contributed by atoms with van der Waals surface area (Å²) in [6.45, 7) is -0.158. The summed E-state index contributed by atoms with van der Waals surface area (Å²) in [4.78, 5) is 13.8. The van der Waals surface area contributed by atoms with Crippen LogP contribution in [0, 0.1) is 5.53 Å². The summed E-state index contributed by atoms with van der Waals surface area (Å²) >= 11 is 0. The zero-order valence-electron chi connectivity index (χ0n) is 23.6. The van der Waals surface area contributed by atoms with E-state index >= 15 is 0 Å². The third-order valence-electron chi connectivity index (χ3n) is 5.91. The average Bonchev–Trinajstić information content (AvgIpc) is 2.97. The molecule has 1 heterocycles. The first-order chi connectivity index (χ1) is 19.6. The van der Waals surface area contributed by atoms with Crippen molar-refractivity contribution in [3.05, 3.63) is 77.6 Å². The van der Waals surface area contributed by atoms with Crippen molar-refractivity contribution in [2.24, 2.45) is 5.11 Å². The Morgan fingerprint density at radius 1 is 0.902 bits per heavy atom. The van der Waals surface area contributed by atoms with E-state index in [1.165, 1.54) is 0 Å². The molecule has 0 spiro atoms. The van der Waals surface area contributed by atoms with Crippen molar-refractivity contribution in [2.75, 3.05) is 46.1 Å². The van der Waals surface area contributed by atoms with Crippen LogP contribution in [0.1, 0.15) is 22.8 Å². The van der Waals surface area contributed by atoms with Crippen LogP contribution in [0.15, 0.2) is 66.0 Å². The van der Waals surface area contributed by atoms with E-state index in [-0.39, 0.29) is 13.2 Å². The predicted octanol–water partition coefficient (Wildman–Crippen LogP) is 3.30. The summed E-state index contributed by atoms with van der Waals surface area (Å²) in [6, 6.07) is 13.6. The highest BCUT2D eigenvalue weighted by atomic mass is 32.2. The van der Waals surface area contributed by atoms with Crippen LogP contribution < -0.4 is 19.3 Å². The van der Waals surface area contributed by atoms with Crippen LogP contribution in [0.25, 0.3) is 0 Å². The lowest BCUT2D eigenvalue weighted by molar-refractivity contribution is -0.103. The minimum absolute atomic E-state index is 0.108. The van der Waals surface area contributed by atoms with Crippen molar-refractivity contribution in [3.63, 3.8) is 0 Å². The third-order valence-corrected chi connectivity index (χ3v) is 6.48. The Kier molecular flexibility index (Phi) is 11.7. The Morgan fingerprint density at radius 3 is 1.85 bits per heavy atom. The predicted molar refractivity (Wildman–Crippen MR) is 150 cm³/mol. The van der Waals surface area contributed by atoms with Gasteiger partial charge in [-0.05, 0) is 35.4 Å². The molecule has 0 aliphatic rings. The van der Waals surface area contributed by atoms with Gasteiger partial charge in [-0.1, -0.05) is 24.3 Å². The van der Waals surface area contributed by atoms with Crippen molar-refractivity contribution in [3.8, 4) is 11.5 Å². The molecule has 0 unspecified atom stereocenters. The summed E-state index contributed by atoms with van der Waals surface area (Å²) in [7, 11) is 2.98. The molecule has 41 heavy (non-hydrogen) atoms. The molecule has 0 aliphatic heterocycles. The van der Waals surface area contributed by atoms with Gasteiger partial charge in [-0.3, -0.25) is 4.18 Å². The Morgan fingerprint density at radius 2 is 1.41 bits per heavy atom. The molecule has 2 aromatic carbocycles. The molecule has 0 aliphatic carbocycles. The number of benzene rings is 2. The first-order valence-corrected chi connectivity index (χ1v) is 14.3. The van der Waals surface area contributed by atoms with Gasteiger partial charge in [0.25, 0.3) is 10.1 Å². The maximum Gasteiger partial charge on any atom is 0.264 e. The lowest BCUT2D eigenvalue weighted by Crippen LogP contribution is -2.39. The van der Waals surface area contributed by atoms with Gasteiger partial charge in [0.05, 0.1) is 40.3 Å². The van der Waals surface area contributed by atoms with Gasteiger partial charge in [-0.25, -0.2) is 9.97 Å². The molecule has 0 saturated heterocycles. The standard InChI is InChI=1S/C27H35N6O7S/c1-33(2)27-29-14-21(15-30-27)25(38-16-19-6-10-22(36-3)11-7-19)26(24(31-32-28)18-40-41(5,34)35)39-17-20-8-12-23(37-4)13-9-20/h6-15,24-26,28H,16-18H2,1-5H3/q+1/t24-,25+,26-/m0/s1. The second-order valence-corrected chi connectivity index (χ2v) is 10.8. The first kappa shape index (κ1) is 31.6. The van der Waals surface area contributed by atoms with Crippen molar-refractivity contribution in [1.82, 2.24) is 14.9 Å². The molecule has 3 atom stereocenters. The molecular formula is C27H35N6O7S+. The lowest BCUT2D eigenvalue weighted by Gasteiger charge is -2.29. The number of rotatable bonds is 16. The average molecular weight is 588 g/mol. The van der Waals surface area contributed by atoms with E-state index in [4.69, 9.17) is 28.7 Å². The summed E-state index contributed by atoms with van der Waals surface area (Å²) in [5.41, 5.74) is 9.61. The Bertz CT molecular complexity index is 1380. The number of aromatic nitrogens is 2. The van der Waals surface area contributed by atoms with Gasteiger partial charge < -0.3 is 23.8 Å². The second kappa shape index (κ2) is 15.2. The minimum Gasteiger partial charge on any atom is -0.497 e. The molecule has 3 aromatic rings. The van der Waals surface area contributed by atoms with Gasteiger partial charge in [-0.2, -0.15) is 8.42 Å². The van der Waals surface area contributed by atoms with Crippen LogP contribution in [-0.4, -0.2) is 71.7 Å². The normalized spacial score (nSPS) is 13.5. The molecular weight excluding hydrogens is 552 g/mol. The Balaban J connectivity index is 2.00. The maximum absolute atomic E-state index is 11.8. The molecule has 220 valence electrons. The topological polar surface area (TPSA) is 160 Å². The van der Waals surface area contributed by atoms with Gasteiger partial charge in [0.15, 0.2) is 6.04 Å². The molecule has 14 heteroatoms. The zero-order valence-corrected chi connectivity index (χ0v) is 24.4. The quantitative estimate of drug-likeness (QED) is 0.150. The van der Waals surface area contributed by atoms with Crippen LogP contribution in [0.4, 0.5) is 5.95 Å². The van der Waals surface area contributed by atoms with Gasteiger partial charge >= 0.3 is 0 Å². The maximum atomic E-state index is 11.8. The molecule has 1 aromatic heterocycles. The van der Waals surface area contributed by atoms with Gasteiger partial charge in [0.1, 0.15) is 34.4 Å². The fraction of sp³-hybridized carbons (Fsp3) is 0.407. The number of ether oxygens (including phenoxy) is 4. The number of nitrogens with one attached hydrogen (secondary N) is 1. The van der Waals surface area contributed by atoms with Gasteiger partial charge in [0, 0.05) is 32.1 Å². The van der Waals surface area contributed by atoms with Crippen molar-refractivity contribution < 1.29 is 31.5 Å². The summed E-state index contributed by atoms with van der Waals surface area (Å²) in [5.74, 6) is 1.88. The molecule has 3 rings (SSSR count). The monoisotopic (exact) mass is 587 g/mol. The second-order valence-electron chi connectivity index (χ2n) is 9.19. The van der Waals surface area contributed by atoms with Crippen molar-refractivity contribution in [1.29, 1.82) is 5.53 Å². The van der Waals surface area contributed by atoms with Gasteiger partial charge in [-0.15, -0.1) is 0 Å². The summed E-state index contributed by atoms with van der Waals surface area (Å²) < 4.78 is 52.0. The van der Waals surface area contributed by atoms with E-state index in [1.54, 1.807) is 43.6 Å². The fourth-order valence-electron chi connectivity index (χ4n) is 3.77. The highest BCUT2D eigenvalue weighted by molar-refractivity contribution is 7.85. The molecule has 0 amide bonds. The van der Waals surface area contributed by atoms with Crippen molar-refractivity contribution >= 4 is 16.1 Å². The van der Waals surface area contributed by atoms with Crippen LogP contribution in [-0.2, 0) is 37.0 Å². The van der Waals surface area contributed by atoms with Crippen molar-refractivity contribution in [2.45, 2.75) is 31.5 Å². The number of methoxy groups -OCH3 is 2. The van der Waals surface area contributed by atoms with Crippen LogP contribution >= 0.6 is 0 Å². The molecule has 13 nitrogen and oxygen atoms in total. The molecule has 0 radical (unpaired) electrons. The Hall–Kier alpha value is -3.94. The van der Waals surface area contributed by atoms with E-state index < -0.39 is 35.0 Å². The molecule has 0 bridgehead atoms. The summed E-state index contributed by atoms with van der Waals surface area (Å²) in [6.07, 6.45) is 2.33. The van der Waals surface area contributed by atoms with E-state index in [1.807, 2.05) is 50.5 Å². The molecule has 0 fully saturated rings. The highest BCUT2D eigenvalue weighted by Crippen LogP contribution is 2.30. The van der Waals surface area contributed by atoms with Crippen LogP contribution in [0.2, 0.25) is 0 Å². The molecule has 1 N–H and O–H groups in total. The fourth-order valence-corrected chi connectivity index (χ4v) is 4.16. The number of nitrogens with zero attached hydrogens (tertiary/aromatic N) is 5. The SMILES string of the molecule is COc1ccc(CO[C@@H]([C@H](COS(C)(=O)=O)N=[N+]=N)[C@H](OCc2ccc(OC)cc2)c2cnc(N(C)C)nc2)cc1. The number of hydrogen-bond donors (Lipinski definition) is 1. The Labute approximate surface area is 239 Å². The van der Waals surface area contributed by atoms with E-state index in [2.05, 4.69) is 20.0 Å². The van der Waals surface area contributed by atoms with Crippen LogP contribution in [0.5, 0.6) is 11.5 Å². The minimum atomic E-state index is -3.83. The third kappa shape index (κ3) is 9.88. The highest BCUT2D eigenvalue weighted by Gasteiger charge is 2.37. The lowest BCUT2D eigenvalue weighted by atomic mass is 10.0.